The Bertz CT molecular complexity index is 777. The van der Waals surface area contributed by atoms with E-state index in [1.54, 1.807) is 12.5 Å². The number of aromatic nitrogens is 3. The summed E-state index contributed by atoms with van der Waals surface area (Å²) in [4.78, 5) is 20.5. The van der Waals surface area contributed by atoms with Gasteiger partial charge in [-0.3, -0.25) is 9.36 Å². The van der Waals surface area contributed by atoms with Crippen molar-refractivity contribution in [1.29, 1.82) is 0 Å². The van der Waals surface area contributed by atoms with E-state index in [9.17, 15) is 4.79 Å². The second-order valence-electron chi connectivity index (χ2n) is 5.16. The van der Waals surface area contributed by atoms with Crippen molar-refractivity contribution in [2.24, 2.45) is 0 Å². The molecule has 0 spiro atoms. The third-order valence-corrected chi connectivity index (χ3v) is 3.49. The number of benzene rings is 1. The Balaban J connectivity index is 1.78. The highest BCUT2D eigenvalue weighted by Gasteiger charge is 2.06. The van der Waals surface area contributed by atoms with Crippen molar-refractivity contribution in [1.82, 2.24) is 14.5 Å². The molecule has 0 radical (unpaired) electrons. The topological polar surface area (TPSA) is 59.8 Å². The van der Waals surface area contributed by atoms with Crippen LogP contribution in [-0.2, 0) is 4.79 Å². The van der Waals surface area contributed by atoms with E-state index in [1.165, 1.54) is 0 Å². The number of amides is 1. The molecule has 3 rings (SSSR count). The van der Waals surface area contributed by atoms with Crippen LogP contribution in [0, 0.1) is 0 Å². The van der Waals surface area contributed by atoms with E-state index in [0.717, 1.165) is 29.7 Å². The van der Waals surface area contributed by atoms with E-state index >= 15 is 0 Å². The Morgan fingerprint density at radius 2 is 2.05 bits per heavy atom. The summed E-state index contributed by atoms with van der Waals surface area (Å²) in [6.07, 6.45) is 5.89. The molecule has 0 aliphatic heterocycles. The maximum absolute atomic E-state index is 11.7. The third kappa shape index (κ3) is 2.98. The average molecular weight is 294 g/mol. The molecule has 1 aromatic carbocycles. The van der Waals surface area contributed by atoms with Gasteiger partial charge >= 0.3 is 0 Å². The quantitative estimate of drug-likeness (QED) is 0.783. The summed E-state index contributed by atoms with van der Waals surface area (Å²) in [5, 5.41) is 2.86. The van der Waals surface area contributed by atoms with Crippen molar-refractivity contribution < 1.29 is 4.79 Å². The molecule has 1 N–H and O–H groups in total. The monoisotopic (exact) mass is 294 g/mol. The SMILES string of the molecule is CCCCC(=O)Nc1ccc(-n2cnc3ccccc32)nc1. The van der Waals surface area contributed by atoms with E-state index in [1.807, 2.05) is 41.0 Å². The number of pyridine rings is 1. The van der Waals surface area contributed by atoms with Crippen molar-refractivity contribution in [3.05, 3.63) is 48.9 Å². The lowest BCUT2D eigenvalue weighted by Gasteiger charge is -2.07. The van der Waals surface area contributed by atoms with Gasteiger partial charge in [0.05, 0.1) is 22.9 Å². The Morgan fingerprint density at radius 3 is 2.82 bits per heavy atom. The number of fused-ring (bicyclic) bond motifs is 1. The molecule has 3 aromatic rings. The Hall–Kier alpha value is -2.69. The molecule has 0 aliphatic carbocycles. The summed E-state index contributed by atoms with van der Waals surface area (Å²) in [5.41, 5.74) is 2.66. The summed E-state index contributed by atoms with van der Waals surface area (Å²) in [6, 6.07) is 11.6. The first-order valence-electron chi connectivity index (χ1n) is 7.46. The Kier molecular flexibility index (Phi) is 4.14. The minimum absolute atomic E-state index is 0.0319. The van der Waals surface area contributed by atoms with Crippen molar-refractivity contribution in [2.45, 2.75) is 26.2 Å². The first-order valence-corrected chi connectivity index (χ1v) is 7.46. The van der Waals surface area contributed by atoms with Crippen LogP contribution >= 0.6 is 0 Å². The molecule has 112 valence electrons. The van der Waals surface area contributed by atoms with Gasteiger partial charge in [-0.15, -0.1) is 0 Å². The molecular weight excluding hydrogens is 276 g/mol. The number of carbonyl (C=O) groups is 1. The molecule has 0 fully saturated rings. The minimum Gasteiger partial charge on any atom is -0.325 e. The zero-order valence-corrected chi connectivity index (χ0v) is 12.5. The highest BCUT2D eigenvalue weighted by atomic mass is 16.1. The summed E-state index contributed by atoms with van der Waals surface area (Å²) in [7, 11) is 0. The van der Waals surface area contributed by atoms with Crippen LogP contribution in [0.2, 0.25) is 0 Å². The predicted octanol–water partition coefficient (Wildman–Crippen LogP) is 3.55. The van der Waals surface area contributed by atoms with Crippen molar-refractivity contribution in [2.75, 3.05) is 5.32 Å². The number of carbonyl (C=O) groups excluding carboxylic acids is 1. The molecule has 0 unspecified atom stereocenters. The molecule has 0 saturated heterocycles. The average Bonchev–Trinajstić information content (AvgIpc) is 2.98. The van der Waals surface area contributed by atoms with Gasteiger partial charge in [0.15, 0.2) is 0 Å². The molecule has 1 amide bonds. The van der Waals surface area contributed by atoms with E-state index in [2.05, 4.69) is 22.2 Å². The van der Waals surface area contributed by atoms with Gasteiger partial charge in [-0.2, -0.15) is 0 Å². The van der Waals surface area contributed by atoms with Crippen LogP contribution in [0.4, 0.5) is 5.69 Å². The van der Waals surface area contributed by atoms with Gasteiger partial charge in [0, 0.05) is 6.42 Å². The van der Waals surface area contributed by atoms with Gasteiger partial charge < -0.3 is 5.32 Å². The van der Waals surface area contributed by atoms with Crippen LogP contribution in [0.1, 0.15) is 26.2 Å². The molecule has 2 aromatic heterocycles. The van der Waals surface area contributed by atoms with Crippen LogP contribution in [-0.4, -0.2) is 20.4 Å². The second kappa shape index (κ2) is 6.39. The number of anilines is 1. The molecule has 0 aliphatic rings. The fourth-order valence-electron chi connectivity index (χ4n) is 2.31. The second-order valence-corrected chi connectivity index (χ2v) is 5.16. The van der Waals surface area contributed by atoms with Crippen molar-refractivity contribution >= 4 is 22.6 Å². The molecule has 2 heterocycles. The summed E-state index contributed by atoms with van der Waals surface area (Å²) in [6.45, 7) is 2.07. The normalized spacial score (nSPS) is 10.8. The molecular formula is C17H18N4O. The molecule has 0 saturated carbocycles. The van der Waals surface area contributed by atoms with Gasteiger partial charge in [0.25, 0.3) is 0 Å². The minimum atomic E-state index is 0.0319. The number of nitrogens with zero attached hydrogens (tertiary/aromatic N) is 3. The summed E-state index contributed by atoms with van der Waals surface area (Å²) >= 11 is 0. The number of hydrogen-bond donors (Lipinski definition) is 1. The van der Waals surface area contributed by atoms with Gasteiger partial charge in [-0.1, -0.05) is 25.5 Å². The van der Waals surface area contributed by atoms with E-state index in [4.69, 9.17) is 0 Å². The summed E-state index contributed by atoms with van der Waals surface area (Å²) < 4.78 is 1.93. The highest BCUT2D eigenvalue weighted by molar-refractivity contribution is 5.90. The first-order chi connectivity index (χ1) is 10.8. The van der Waals surface area contributed by atoms with Crippen LogP contribution < -0.4 is 5.32 Å². The van der Waals surface area contributed by atoms with Gasteiger partial charge in [-0.25, -0.2) is 9.97 Å². The zero-order chi connectivity index (χ0) is 15.4. The lowest BCUT2D eigenvalue weighted by Crippen LogP contribution is -2.11. The third-order valence-electron chi connectivity index (χ3n) is 3.49. The standard InChI is InChI=1S/C17H18N4O/c1-2-3-8-17(22)20-13-9-10-16(18-11-13)21-12-19-14-6-4-5-7-15(14)21/h4-7,9-12H,2-3,8H2,1H3,(H,20,22). The maximum Gasteiger partial charge on any atom is 0.224 e. The maximum atomic E-state index is 11.7. The number of rotatable bonds is 5. The lowest BCUT2D eigenvalue weighted by atomic mass is 10.2. The van der Waals surface area contributed by atoms with E-state index in [-0.39, 0.29) is 5.91 Å². The number of hydrogen-bond acceptors (Lipinski definition) is 3. The highest BCUT2D eigenvalue weighted by Crippen LogP contribution is 2.17. The fraction of sp³-hybridized carbons (Fsp3) is 0.235. The Labute approximate surface area is 129 Å². The first kappa shape index (κ1) is 14.3. The van der Waals surface area contributed by atoms with Crippen molar-refractivity contribution in [3.8, 4) is 5.82 Å². The van der Waals surface area contributed by atoms with Crippen molar-refractivity contribution in [3.63, 3.8) is 0 Å². The Morgan fingerprint density at radius 1 is 1.18 bits per heavy atom. The van der Waals surface area contributed by atoms with Gasteiger partial charge in [-0.05, 0) is 30.7 Å². The predicted molar refractivity (Wildman–Crippen MR) is 87.0 cm³/mol. The van der Waals surface area contributed by atoms with Crippen LogP contribution in [0.15, 0.2) is 48.9 Å². The smallest absolute Gasteiger partial charge is 0.224 e. The molecule has 0 atom stereocenters. The van der Waals surface area contributed by atoms with Gasteiger partial charge in [0.1, 0.15) is 12.1 Å². The molecule has 22 heavy (non-hydrogen) atoms. The van der Waals surface area contributed by atoms with Crippen LogP contribution in [0.3, 0.4) is 0 Å². The molecule has 5 nitrogen and oxygen atoms in total. The van der Waals surface area contributed by atoms with E-state index < -0.39 is 0 Å². The number of imidazole rings is 1. The van der Waals surface area contributed by atoms with Crippen LogP contribution in [0.5, 0.6) is 0 Å². The van der Waals surface area contributed by atoms with E-state index in [0.29, 0.717) is 12.1 Å². The zero-order valence-electron chi connectivity index (χ0n) is 12.5. The lowest BCUT2D eigenvalue weighted by molar-refractivity contribution is -0.116. The summed E-state index contributed by atoms with van der Waals surface area (Å²) in [5.74, 6) is 0.810. The van der Waals surface area contributed by atoms with Crippen LogP contribution in [0.25, 0.3) is 16.9 Å². The molecule has 0 bridgehead atoms. The fourth-order valence-corrected chi connectivity index (χ4v) is 2.31. The number of para-hydroxylation sites is 2. The molecule has 5 heteroatoms. The van der Waals surface area contributed by atoms with Gasteiger partial charge in [0.2, 0.25) is 5.91 Å². The number of unbranched alkanes of at least 4 members (excludes halogenated alkanes) is 1. The number of nitrogens with one attached hydrogen (secondary N) is 1. The largest absolute Gasteiger partial charge is 0.325 e.